The average Bonchev–Trinajstić information content (AvgIpc) is 3.10. The third kappa shape index (κ3) is 5.54. The molecule has 1 atom stereocenters. The van der Waals surface area contributed by atoms with E-state index in [1.54, 1.807) is 0 Å². The summed E-state index contributed by atoms with van der Waals surface area (Å²) in [5, 5.41) is 8.27. The third-order valence-electron chi connectivity index (χ3n) is 4.35. The van der Waals surface area contributed by atoms with E-state index in [4.69, 9.17) is 9.47 Å². The standard InChI is InChI=1S/C22H25N3O4S/c1-14-5-10-20(15(2)13-14)29-12-11-28-19-8-6-18(7-9-19)21-25(17(4)27)24-22(30-21)23-16(3)26/h5-10,13,21H,11-12H2,1-4H3,(H,23,24,26)/t21-/m0/s1. The Hall–Kier alpha value is -3.00. The summed E-state index contributed by atoms with van der Waals surface area (Å²) >= 11 is 1.32. The second-order valence-electron chi connectivity index (χ2n) is 6.96. The van der Waals surface area contributed by atoms with Gasteiger partial charge in [0, 0.05) is 13.8 Å². The molecule has 2 amide bonds. The van der Waals surface area contributed by atoms with Gasteiger partial charge >= 0.3 is 0 Å². The van der Waals surface area contributed by atoms with Gasteiger partial charge in [-0.3, -0.25) is 9.59 Å². The molecule has 1 aliphatic heterocycles. The molecule has 0 radical (unpaired) electrons. The second kappa shape index (κ2) is 9.67. The number of carbonyl (C=O) groups is 2. The molecule has 3 rings (SSSR count). The normalized spacial score (nSPS) is 15.5. The Bertz CT molecular complexity index is 959. The maximum atomic E-state index is 11.9. The molecular formula is C22H25N3O4S. The summed E-state index contributed by atoms with van der Waals surface area (Å²) in [7, 11) is 0. The van der Waals surface area contributed by atoms with Crippen molar-refractivity contribution < 1.29 is 19.1 Å². The van der Waals surface area contributed by atoms with Crippen molar-refractivity contribution in [3.8, 4) is 11.5 Å². The highest BCUT2D eigenvalue weighted by Crippen LogP contribution is 2.39. The lowest BCUT2D eigenvalue weighted by Gasteiger charge is -2.19. The predicted molar refractivity (Wildman–Crippen MR) is 117 cm³/mol. The first-order valence-electron chi connectivity index (χ1n) is 9.59. The zero-order valence-corrected chi connectivity index (χ0v) is 18.3. The van der Waals surface area contributed by atoms with Crippen molar-refractivity contribution in [2.75, 3.05) is 13.2 Å². The van der Waals surface area contributed by atoms with Crippen molar-refractivity contribution in [2.45, 2.75) is 33.1 Å². The average molecular weight is 428 g/mol. The molecule has 0 fully saturated rings. The van der Waals surface area contributed by atoms with E-state index in [2.05, 4.69) is 23.4 Å². The molecule has 8 heteroatoms. The van der Waals surface area contributed by atoms with Gasteiger partial charge < -0.3 is 14.8 Å². The summed E-state index contributed by atoms with van der Waals surface area (Å²) in [5.41, 5.74) is 3.19. The molecule has 7 nitrogen and oxygen atoms in total. The van der Waals surface area contributed by atoms with Gasteiger partial charge in [0.1, 0.15) is 30.1 Å². The fourth-order valence-electron chi connectivity index (χ4n) is 2.98. The van der Waals surface area contributed by atoms with Gasteiger partial charge in [-0.2, -0.15) is 0 Å². The minimum atomic E-state index is -0.328. The minimum absolute atomic E-state index is 0.197. The van der Waals surface area contributed by atoms with Crippen LogP contribution in [0.4, 0.5) is 0 Å². The van der Waals surface area contributed by atoms with Crippen LogP contribution < -0.4 is 14.8 Å². The number of rotatable bonds is 6. The number of benzene rings is 2. The maximum absolute atomic E-state index is 11.9. The summed E-state index contributed by atoms with van der Waals surface area (Å²) in [6.07, 6.45) is 0. The molecule has 1 aliphatic rings. The molecule has 0 unspecified atom stereocenters. The van der Waals surface area contributed by atoms with E-state index in [9.17, 15) is 9.59 Å². The SMILES string of the molecule is CC(=O)NC1=NN(C(C)=O)[C@H](c2ccc(OCCOc3ccc(C)cc3C)cc2)S1. The number of hydrogen-bond acceptors (Lipinski definition) is 6. The fraction of sp³-hybridized carbons (Fsp3) is 0.318. The van der Waals surface area contributed by atoms with Gasteiger partial charge in [0.25, 0.3) is 0 Å². The molecule has 1 N–H and O–H groups in total. The molecule has 0 spiro atoms. The number of amidine groups is 1. The Morgan fingerprint density at radius 1 is 1.07 bits per heavy atom. The molecule has 1 heterocycles. The van der Waals surface area contributed by atoms with E-state index in [0.717, 1.165) is 16.9 Å². The number of aryl methyl sites for hydroxylation is 2. The lowest BCUT2D eigenvalue weighted by molar-refractivity contribution is -0.129. The van der Waals surface area contributed by atoms with Crippen LogP contribution in [-0.4, -0.2) is 35.2 Å². The minimum Gasteiger partial charge on any atom is -0.490 e. The van der Waals surface area contributed by atoms with Crippen molar-refractivity contribution in [3.05, 3.63) is 59.2 Å². The van der Waals surface area contributed by atoms with Crippen molar-refractivity contribution in [1.82, 2.24) is 10.3 Å². The Kier molecular flexibility index (Phi) is 6.99. The Morgan fingerprint density at radius 2 is 1.77 bits per heavy atom. The van der Waals surface area contributed by atoms with Gasteiger partial charge in [-0.1, -0.05) is 41.6 Å². The maximum Gasteiger partial charge on any atom is 0.241 e. The van der Waals surface area contributed by atoms with Crippen molar-refractivity contribution in [2.24, 2.45) is 5.10 Å². The largest absolute Gasteiger partial charge is 0.490 e. The van der Waals surface area contributed by atoms with Gasteiger partial charge in [0.15, 0.2) is 5.17 Å². The van der Waals surface area contributed by atoms with E-state index < -0.39 is 0 Å². The number of nitrogens with one attached hydrogen (secondary N) is 1. The first kappa shape index (κ1) is 21.7. The van der Waals surface area contributed by atoms with Gasteiger partial charge in [-0.05, 0) is 43.2 Å². The predicted octanol–water partition coefficient (Wildman–Crippen LogP) is 3.76. The van der Waals surface area contributed by atoms with Gasteiger partial charge in [-0.25, -0.2) is 5.01 Å². The monoisotopic (exact) mass is 427 g/mol. The zero-order chi connectivity index (χ0) is 21.7. The van der Waals surface area contributed by atoms with Gasteiger partial charge in [-0.15, -0.1) is 5.10 Å². The van der Waals surface area contributed by atoms with E-state index in [1.807, 2.05) is 43.3 Å². The summed E-state index contributed by atoms with van der Waals surface area (Å²) in [5.74, 6) is 1.15. The highest BCUT2D eigenvalue weighted by molar-refractivity contribution is 8.14. The van der Waals surface area contributed by atoms with Crippen LogP contribution in [-0.2, 0) is 9.59 Å². The van der Waals surface area contributed by atoms with Crippen LogP contribution in [0.3, 0.4) is 0 Å². The van der Waals surface area contributed by atoms with Crippen LogP contribution in [0.15, 0.2) is 47.6 Å². The number of ether oxygens (including phenoxy) is 2. The topological polar surface area (TPSA) is 80.2 Å². The molecule has 0 bridgehead atoms. The number of hydrazone groups is 1. The molecule has 0 saturated carbocycles. The Balaban J connectivity index is 1.54. The van der Waals surface area contributed by atoms with Crippen LogP contribution in [0.1, 0.15) is 35.9 Å². The first-order chi connectivity index (χ1) is 14.3. The Labute approximate surface area is 180 Å². The number of hydrogen-bond donors (Lipinski definition) is 1. The fourth-order valence-corrected chi connectivity index (χ4v) is 4.12. The quantitative estimate of drug-likeness (QED) is 0.710. The molecule has 0 aliphatic carbocycles. The third-order valence-corrected chi connectivity index (χ3v) is 5.46. The van der Waals surface area contributed by atoms with Crippen molar-refractivity contribution in [3.63, 3.8) is 0 Å². The van der Waals surface area contributed by atoms with Gasteiger partial charge in [0.05, 0.1) is 0 Å². The molecule has 0 saturated heterocycles. The number of carbonyl (C=O) groups excluding carboxylic acids is 2. The summed E-state index contributed by atoms with van der Waals surface area (Å²) < 4.78 is 11.5. The van der Waals surface area contributed by atoms with E-state index in [1.165, 1.54) is 36.2 Å². The van der Waals surface area contributed by atoms with Crippen LogP contribution >= 0.6 is 11.8 Å². The molecule has 0 aromatic heterocycles. The summed E-state index contributed by atoms with van der Waals surface area (Å²) in [4.78, 5) is 23.2. The first-order valence-corrected chi connectivity index (χ1v) is 10.5. The van der Waals surface area contributed by atoms with Gasteiger partial charge in [0.2, 0.25) is 11.8 Å². The molecule has 2 aromatic carbocycles. The van der Waals surface area contributed by atoms with E-state index in [0.29, 0.717) is 24.1 Å². The Morgan fingerprint density at radius 3 is 2.40 bits per heavy atom. The highest BCUT2D eigenvalue weighted by atomic mass is 32.2. The van der Waals surface area contributed by atoms with Crippen LogP contribution in [0, 0.1) is 13.8 Å². The number of amides is 2. The molecule has 30 heavy (non-hydrogen) atoms. The lowest BCUT2D eigenvalue weighted by atomic mass is 10.1. The van der Waals surface area contributed by atoms with Crippen molar-refractivity contribution >= 4 is 28.7 Å². The summed E-state index contributed by atoms with van der Waals surface area (Å²) in [6.45, 7) is 7.78. The number of thioether (sulfide) groups is 1. The van der Waals surface area contributed by atoms with E-state index in [-0.39, 0.29) is 17.2 Å². The number of nitrogens with zero attached hydrogens (tertiary/aromatic N) is 2. The molecule has 158 valence electrons. The zero-order valence-electron chi connectivity index (χ0n) is 17.5. The highest BCUT2D eigenvalue weighted by Gasteiger charge is 2.32. The van der Waals surface area contributed by atoms with Crippen molar-refractivity contribution in [1.29, 1.82) is 0 Å². The molecular weight excluding hydrogens is 402 g/mol. The van der Waals surface area contributed by atoms with Crippen LogP contribution in [0.5, 0.6) is 11.5 Å². The van der Waals surface area contributed by atoms with Crippen LogP contribution in [0.2, 0.25) is 0 Å². The lowest BCUT2D eigenvalue weighted by Crippen LogP contribution is -2.25. The molecule has 2 aromatic rings. The van der Waals surface area contributed by atoms with Crippen LogP contribution in [0.25, 0.3) is 0 Å². The van der Waals surface area contributed by atoms with E-state index >= 15 is 0 Å². The summed E-state index contributed by atoms with van der Waals surface area (Å²) in [6, 6.07) is 13.6. The second-order valence-corrected chi connectivity index (χ2v) is 8.02. The smallest absolute Gasteiger partial charge is 0.241 e.